The molecule has 2 saturated heterocycles. The van der Waals surface area contributed by atoms with Crippen LogP contribution in [0.25, 0.3) is 0 Å². The van der Waals surface area contributed by atoms with Crippen LogP contribution in [0.5, 0.6) is 0 Å². The van der Waals surface area contributed by atoms with Gasteiger partial charge in [-0.2, -0.15) is 9.97 Å². The molecule has 3 heterocycles. The van der Waals surface area contributed by atoms with E-state index >= 15 is 0 Å². The maximum Gasteiger partial charge on any atom is 0.227 e. The number of aromatic nitrogens is 3. The third kappa shape index (κ3) is 2.20. The summed E-state index contributed by atoms with van der Waals surface area (Å²) in [4.78, 5) is 26.2. The number of nitrogens with one attached hydrogen (secondary N) is 1. The van der Waals surface area contributed by atoms with Gasteiger partial charge >= 0.3 is 0 Å². The summed E-state index contributed by atoms with van der Waals surface area (Å²) in [7, 11) is 0. The first-order valence-electron chi connectivity index (χ1n) is 6.69. The zero-order valence-corrected chi connectivity index (χ0v) is 12.0. The number of nitrogen functional groups attached to an aromatic ring is 1. The number of rotatable bonds is 2. The van der Waals surface area contributed by atoms with Gasteiger partial charge in [0.05, 0.1) is 11.5 Å². The Hall–Kier alpha value is -1.47. The van der Waals surface area contributed by atoms with E-state index in [2.05, 4.69) is 25.2 Å². The van der Waals surface area contributed by atoms with Crippen molar-refractivity contribution in [1.29, 1.82) is 0 Å². The Kier molecular flexibility index (Phi) is 3.25. The van der Waals surface area contributed by atoms with Crippen molar-refractivity contribution in [3.05, 3.63) is 11.1 Å². The van der Waals surface area contributed by atoms with Crippen molar-refractivity contribution in [3.63, 3.8) is 0 Å². The molecule has 0 bridgehead atoms. The summed E-state index contributed by atoms with van der Waals surface area (Å²) in [5.74, 6) is 0.845. The Labute approximate surface area is 121 Å². The Morgan fingerprint density at radius 3 is 2.85 bits per heavy atom. The Morgan fingerprint density at radius 1 is 1.40 bits per heavy atom. The molecule has 2 aliphatic rings. The quantitative estimate of drug-likeness (QED) is 0.819. The molecule has 1 aromatic heterocycles. The van der Waals surface area contributed by atoms with Crippen molar-refractivity contribution >= 4 is 23.5 Å². The zero-order valence-electron chi connectivity index (χ0n) is 11.3. The summed E-state index contributed by atoms with van der Waals surface area (Å²) in [5.41, 5.74) is 5.36. The van der Waals surface area contributed by atoms with E-state index in [0.717, 1.165) is 32.5 Å². The van der Waals surface area contributed by atoms with Crippen LogP contribution in [0, 0.1) is 5.41 Å². The molecule has 2 fully saturated rings. The average molecular weight is 297 g/mol. The van der Waals surface area contributed by atoms with E-state index in [1.807, 2.05) is 6.92 Å². The first-order chi connectivity index (χ1) is 9.50. The van der Waals surface area contributed by atoms with Crippen LogP contribution in [0.1, 0.15) is 31.6 Å². The van der Waals surface area contributed by atoms with E-state index in [1.54, 1.807) is 0 Å². The second kappa shape index (κ2) is 4.82. The van der Waals surface area contributed by atoms with Crippen LogP contribution in [0.15, 0.2) is 0 Å². The van der Waals surface area contributed by atoms with E-state index in [9.17, 15) is 4.79 Å². The maximum absolute atomic E-state index is 12.0. The zero-order chi connectivity index (χ0) is 14.3. The Morgan fingerprint density at radius 2 is 2.20 bits per heavy atom. The van der Waals surface area contributed by atoms with Gasteiger partial charge in [-0.3, -0.25) is 9.69 Å². The molecule has 3 rings (SSSR count). The average Bonchev–Trinajstić information content (AvgIpc) is 2.97. The number of nitrogens with zero attached hydrogens (tertiary/aromatic N) is 4. The van der Waals surface area contributed by atoms with Crippen molar-refractivity contribution < 1.29 is 4.79 Å². The van der Waals surface area contributed by atoms with Gasteiger partial charge in [-0.05, 0) is 37.9 Å². The second-order valence-electron chi connectivity index (χ2n) is 5.50. The van der Waals surface area contributed by atoms with E-state index in [0.29, 0.717) is 5.82 Å². The van der Waals surface area contributed by atoms with E-state index in [-0.39, 0.29) is 28.6 Å². The fourth-order valence-corrected chi connectivity index (χ4v) is 3.25. The molecule has 1 amide bonds. The van der Waals surface area contributed by atoms with Gasteiger partial charge in [-0.15, -0.1) is 0 Å². The minimum absolute atomic E-state index is 0.0365. The highest BCUT2D eigenvalue weighted by molar-refractivity contribution is 6.28. The standard InChI is InChI=1S/C12H17ClN6O/c1-7(8-16-10(13)18-11(14)17-8)19-5-3-12(6-19)2-4-15-9(12)20/h7H,2-6H2,1H3,(H,15,20)(H2,14,16,17,18). The minimum Gasteiger partial charge on any atom is -0.368 e. The van der Waals surface area contributed by atoms with Crippen LogP contribution in [0.2, 0.25) is 5.28 Å². The van der Waals surface area contributed by atoms with Gasteiger partial charge in [0.15, 0.2) is 5.82 Å². The van der Waals surface area contributed by atoms with Crippen LogP contribution in [0.3, 0.4) is 0 Å². The fourth-order valence-electron chi connectivity index (χ4n) is 3.07. The lowest BCUT2D eigenvalue weighted by Crippen LogP contribution is -2.35. The maximum atomic E-state index is 12.0. The lowest BCUT2D eigenvalue weighted by Gasteiger charge is -2.25. The van der Waals surface area contributed by atoms with Crippen LogP contribution < -0.4 is 11.1 Å². The van der Waals surface area contributed by atoms with Crippen LogP contribution in [-0.2, 0) is 4.79 Å². The second-order valence-corrected chi connectivity index (χ2v) is 5.84. The molecule has 0 radical (unpaired) electrons. The highest BCUT2D eigenvalue weighted by Crippen LogP contribution is 2.39. The lowest BCUT2D eigenvalue weighted by atomic mass is 9.86. The summed E-state index contributed by atoms with van der Waals surface area (Å²) in [6, 6.07) is -0.0365. The number of anilines is 1. The molecule has 0 aliphatic carbocycles. The highest BCUT2D eigenvalue weighted by Gasteiger charge is 2.48. The van der Waals surface area contributed by atoms with Crippen molar-refractivity contribution in [2.24, 2.45) is 5.41 Å². The number of halogens is 1. The largest absolute Gasteiger partial charge is 0.368 e. The SMILES string of the molecule is CC(c1nc(N)nc(Cl)n1)N1CCC2(CCNC2=O)C1. The molecule has 7 nitrogen and oxygen atoms in total. The van der Waals surface area contributed by atoms with Gasteiger partial charge < -0.3 is 11.1 Å². The molecule has 2 aliphatic heterocycles. The number of hydrogen-bond acceptors (Lipinski definition) is 6. The third-order valence-corrected chi connectivity index (χ3v) is 4.49. The first-order valence-corrected chi connectivity index (χ1v) is 7.07. The summed E-state index contributed by atoms with van der Waals surface area (Å²) in [6.07, 6.45) is 1.77. The smallest absolute Gasteiger partial charge is 0.227 e. The van der Waals surface area contributed by atoms with Gasteiger partial charge in [0.25, 0.3) is 0 Å². The number of hydrogen-bond donors (Lipinski definition) is 2. The lowest BCUT2D eigenvalue weighted by molar-refractivity contribution is -0.127. The fraction of sp³-hybridized carbons (Fsp3) is 0.667. The molecule has 3 N–H and O–H groups in total. The summed E-state index contributed by atoms with van der Waals surface area (Å²) in [6.45, 7) is 4.34. The van der Waals surface area contributed by atoms with Gasteiger partial charge in [0.2, 0.25) is 17.1 Å². The Balaban J connectivity index is 1.78. The number of amides is 1. The number of carbonyl (C=O) groups is 1. The van der Waals surface area contributed by atoms with Gasteiger partial charge in [-0.1, -0.05) is 0 Å². The molecule has 1 spiro atoms. The van der Waals surface area contributed by atoms with Crippen molar-refractivity contribution in [1.82, 2.24) is 25.2 Å². The van der Waals surface area contributed by atoms with Gasteiger partial charge in [-0.25, -0.2) is 4.98 Å². The van der Waals surface area contributed by atoms with E-state index in [4.69, 9.17) is 17.3 Å². The van der Waals surface area contributed by atoms with E-state index < -0.39 is 0 Å². The van der Waals surface area contributed by atoms with Crippen molar-refractivity contribution in [2.45, 2.75) is 25.8 Å². The molecule has 20 heavy (non-hydrogen) atoms. The predicted octanol–water partition coefficient (Wildman–Crippen LogP) is 0.380. The number of nitrogens with two attached hydrogens (primary N) is 1. The molecule has 1 aromatic rings. The highest BCUT2D eigenvalue weighted by atomic mass is 35.5. The molecule has 0 saturated carbocycles. The molecular formula is C12H17ClN6O. The topological polar surface area (TPSA) is 97.0 Å². The summed E-state index contributed by atoms with van der Waals surface area (Å²) < 4.78 is 0. The summed E-state index contributed by atoms with van der Waals surface area (Å²) >= 11 is 5.82. The van der Waals surface area contributed by atoms with Gasteiger partial charge in [0, 0.05) is 13.1 Å². The molecule has 2 atom stereocenters. The van der Waals surface area contributed by atoms with E-state index in [1.165, 1.54) is 0 Å². The van der Waals surface area contributed by atoms with Crippen LogP contribution >= 0.6 is 11.6 Å². The van der Waals surface area contributed by atoms with Crippen LogP contribution in [0.4, 0.5) is 5.95 Å². The normalized spacial score (nSPS) is 28.0. The Bertz CT molecular complexity index is 532. The molecule has 108 valence electrons. The number of likely N-dealkylation sites (tertiary alicyclic amines) is 1. The molecule has 0 aromatic carbocycles. The number of carbonyl (C=O) groups excluding carboxylic acids is 1. The van der Waals surface area contributed by atoms with Crippen molar-refractivity contribution in [2.75, 3.05) is 25.4 Å². The summed E-state index contributed by atoms with van der Waals surface area (Å²) in [5, 5.41) is 3.03. The monoisotopic (exact) mass is 296 g/mol. The predicted molar refractivity (Wildman–Crippen MR) is 73.9 cm³/mol. The third-order valence-electron chi connectivity index (χ3n) is 4.32. The van der Waals surface area contributed by atoms with Gasteiger partial charge in [0.1, 0.15) is 0 Å². The first kappa shape index (κ1) is 13.5. The van der Waals surface area contributed by atoms with Crippen LogP contribution in [-0.4, -0.2) is 45.4 Å². The molecular weight excluding hydrogens is 280 g/mol. The molecule has 8 heteroatoms. The van der Waals surface area contributed by atoms with Crippen molar-refractivity contribution in [3.8, 4) is 0 Å². The molecule has 2 unspecified atom stereocenters. The minimum atomic E-state index is -0.239.